The highest BCUT2D eigenvalue weighted by molar-refractivity contribution is 7.89. The number of esters is 1. The Balaban J connectivity index is 2.04. The molecule has 0 atom stereocenters. The van der Waals surface area contributed by atoms with Gasteiger partial charge in [-0.15, -0.1) is 0 Å². The van der Waals surface area contributed by atoms with Gasteiger partial charge < -0.3 is 9.64 Å². The van der Waals surface area contributed by atoms with E-state index >= 15 is 0 Å². The molecule has 1 aromatic carbocycles. The van der Waals surface area contributed by atoms with E-state index in [9.17, 15) is 13.2 Å². The van der Waals surface area contributed by atoms with Crippen LogP contribution >= 0.6 is 0 Å². The van der Waals surface area contributed by atoms with Crippen LogP contribution in [0.4, 0.5) is 11.5 Å². The summed E-state index contributed by atoms with van der Waals surface area (Å²) >= 11 is 0. The summed E-state index contributed by atoms with van der Waals surface area (Å²) in [4.78, 5) is 17.9. The number of nitrogens with zero attached hydrogens (tertiary/aromatic N) is 3. The van der Waals surface area contributed by atoms with E-state index < -0.39 is 16.0 Å². The number of anilines is 2. The van der Waals surface area contributed by atoms with Crippen molar-refractivity contribution in [3.8, 4) is 0 Å². The Morgan fingerprint density at radius 2 is 1.96 bits per heavy atom. The smallest absolute Gasteiger partial charge is 0.321 e. The van der Waals surface area contributed by atoms with Gasteiger partial charge in [0, 0.05) is 11.9 Å². The highest BCUT2D eigenvalue weighted by atomic mass is 32.2. The first-order chi connectivity index (χ1) is 11.9. The number of fused-ring (bicyclic) bond motifs is 1. The fraction of sp³-hybridized carbons (Fsp3) is 0.294. The van der Waals surface area contributed by atoms with Crippen molar-refractivity contribution in [3.63, 3.8) is 0 Å². The summed E-state index contributed by atoms with van der Waals surface area (Å²) < 4.78 is 31.7. The average molecular weight is 361 g/mol. The van der Waals surface area contributed by atoms with Gasteiger partial charge in [0.25, 0.3) is 0 Å². The molecule has 3 rings (SSSR count). The van der Waals surface area contributed by atoms with E-state index in [4.69, 9.17) is 4.74 Å². The zero-order chi connectivity index (χ0) is 18.0. The van der Waals surface area contributed by atoms with Gasteiger partial charge in [0.2, 0.25) is 10.0 Å². The Morgan fingerprint density at radius 1 is 1.24 bits per heavy atom. The van der Waals surface area contributed by atoms with Gasteiger partial charge in [0.15, 0.2) is 5.82 Å². The average Bonchev–Trinajstić information content (AvgIpc) is 2.59. The van der Waals surface area contributed by atoms with Crippen molar-refractivity contribution in [1.82, 2.24) is 9.29 Å². The number of carbonyl (C=O) groups excluding carboxylic acids is 1. The van der Waals surface area contributed by atoms with Gasteiger partial charge in [-0.25, -0.2) is 13.4 Å². The lowest BCUT2D eigenvalue weighted by Gasteiger charge is -2.36. The first kappa shape index (κ1) is 17.4. The Labute approximate surface area is 146 Å². The normalized spacial score (nSPS) is 16.3. The second-order valence-corrected chi connectivity index (χ2v) is 7.56. The minimum Gasteiger partial charge on any atom is -0.465 e. The highest BCUT2D eigenvalue weighted by Gasteiger charge is 2.38. The second kappa shape index (κ2) is 6.81. The summed E-state index contributed by atoms with van der Waals surface area (Å²) in [6.45, 7) is 3.51. The van der Waals surface area contributed by atoms with Crippen LogP contribution < -0.4 is 4.90 Å². The zero-order valence-corrected chi connectivity index (χ0v) is 14.9. The molecule has 0 saturated carbocycles. The summed E-state index contributed by atoms with van der Waals surface area (Å²) in [5.74, 6) is -0.228. The molecule has 1 aliphatic heterocycles. The van der Waals surface area contributed by atoms with E-state index in [0.29, 0.717) is 5.82 Å². The van der Waals surface area contributed by atoms with Crippen LogP contribution in [0.3, 0.4) is 0 Å². The van der Waals surface area contributed by atoms with Crippen molar-refractivity contribution in [2.45, 2.75) is 18.7 Å². The summed E-state index contributed by atoms with van der Waals surface area (Å²) in [6.07, 6.45) is 1.55. The predicted octanol–water partition coefficient (Wildman–Crippen LogP) is 2.05. The van der Waals surface area contributed by atoms with Gasteiger partial charge in [0.05, 0.1) is 13.3 Å². The SMILES string of the molecule is CCOC(=O)CN1CN(c2ccc(C)cc2)c2ncccc2S1(=O)=O. The molecule has 0 radical (unpaired) electrons. The number of carbonyl (C=O) groups is 1. The maximum Gasteiger partial charge on any atom is 0.321 e. The molecule has 0 fully saturated rings. The van der Waals surface area contributed by atoms with Crippen molar-refractivity contribution in [3.05, 3.63) is 48.2 Å². The van der Waals surface area contributed by atoms with Crippen LogP contribution in [0.15, 0.2) is 47.5 Å². The Morgan fingerprint density at radius 3 is 2.64 bits per heavy atom. The lowest BCUT2D eigenvalue weighted by Crippen LogP contribution is -2.47. The molecule has 2 heterocycles. The minimum absolute atomic E-state index is 0.00573. The molecule has 0 spiro atoms. The molecule has 8 heteroatoms. The monoisotopic (exact) mass is 361 g/mol. The van der Waals surface area contributed by atoms with Crippen LogP contribution in [0.1, 0.15) is 12.5 Å². The number of hydrogen-bond donors (Lipinski definition) is 0. The molecule has 2 aromatic rings. The summed E-state index contributed by atoms with van der Waals surface area (Å²) in [5, 5.41) is 0. The van der Waals surface area contributed by atoms with Crippen LogP contribution in [0.2, 0.25) is 0 Å². The number of benzene rings is 1. The number of pyridine rings is 1. The largest absolute Gasteiger partial charge is 0.465 e. The Kier molecular flexibility index (Phi) is 4.73. The summed E-state index contributed by atoms with van der Waals surface area (Å²) in [6, 6.07) is 10.7. The Bertz CT molecular complexity index is 881. The van der Waals surface area contributed by atoms with Crippen molar-refractivity contribution in [2.75, 3.05) is 24.7 Å². The first-order valence-electron chi connectivity index (χ1n) is 7.88. The lowest BCUT2D eigenvalue weighted by atomic mass is 10.2. The first-order valence-corrected chi connectivity index (χ1v) is 9.32. The quantitative estimate of drug-likeness (QED) is 0.776. The summed E-state index contributed by atoms with van der Waals surface area (Å²) in [5.41, 5.74) is 1.90. The zero-order valence-electron chi connectivity index (χ0n) is 14.0. The van der Waals surface area contributed by atoms with E-state index in [0.717, 1.165) is 15.6 Å². The van der Waals surface area contributed by atoms with Gasteiger partial charge in [-0.2, -0.15) is 4.31 Å². The molecule has 132 valence electrons. The fourth-order valence-electron chi connectivity index (χ4n) is 2.64. The third-order valence-electron chi connectivity index (χ3n) is 3.88. The molecule has 0 amide bonds. The van der Waals surface area contributed by atoms with Crippen LogP contribution in [0, 0.1) is 6.92 Å². The topological polar surface area (TPSA) is 79.8 Å². The third-order valence-corrected chi connectivity index (χ3v) is 5.68. The molecule has 1 aromatic heterocycles. The lowest BCUT2D eigenvalue weighted by molar-refractivity contribution is -0.143. The van der Waals surface area contributed by atoms with Crippen molar-refractivity contribution in [2.24, 2.45) is 0 Å². The second-order valence-electron chi connectivity index (χ2n) is 5.65. The maximum atomic E-state index is 12.8. The Hall–Kier alpha value is -2.45. The van der Waals surface area contributed by atoms with Crippen molar-refractivity contribution < 1.29 is 17.9 Å². The number of aryl methyl sites for hydroxylation is 1. The highest BCUT2D eigenvalue weighted by Crippen LogP contribution is 2.35. The van der Waals surface area contributed by atoms with E-state index in [1.807, 2.05) is 31.2 Å². The van der Waals surface area contributed by atoms with Crippen LogP contribution in [0.25, 0.3) is 0 Å². The number of sulfonamides is 1. The van der Waals surface area contributed by atoms with Gasteiger partial charge in [0.1, 0.15) is 11.4 Å². The van der Waals surface area contributed by atoms with Crippen LogP contribution in [-0.4, -0.2) is 43.5 Å². The number of ether oxygens (including phenoxy) is 1. The molecular weight excluding hydrogens is 342 g/mol. The van der Waals surface area contributed by atoms with Crippen molar-refractivity contribution in [1.29, 1.82) is 0 Å². The molecule has 0 unspecified atom stereocenters. The van der Waals surface area contributed by atoms with E-state index in [1.165, 1.54) is 6.07 Å². The number of hydrogen-bond acceptors (Lipinski definition) is 6. The fourth-order valence-corrected chi connectivity index (χ4v) is 4.11. The van der Waals surface area contributed by atoms with Gasteiger partial charge in [-0.1, -0.05) is 17.7 Å². The van der Waals surface area contributed by atoms with E-state index in [2.05, 4.69) is 4.98 Å². The number of aromatic nitrogens is 1. The van der Waals surface area contributed by atoms with Gasteiger partial charge in [-0.3, -0.25) is 4.79 Å². The molecule has 0 N–H and O–H groups in total. The predicted molar refractivity (Wildman–Crippen MR) is 92.9 cm³/mol. The van der Waals surface area contributed by atoms with E-state index in [1.54, 1.807) is 24.1 Å². The van der Waals surface area contributed by atoms with Crippen molar-refractivity contribution >= 4 is 27.5 Å². The minimum atomic E-state index is -3.82. The van der Waals surface area contributed by atoms with Gasteiger partial charge in [-0.05, 0) is 38.1 Å². The molecule has 7 nitrogen and oxygen atoms in total. The third kappa shape index (κ3) is 3.35. The molecule has 0 aliphatic carbocycles. The standard InChI is InChI=1S/C17H19N3O4S/c1-3-24-16(21)11-19-12-20(14-8-6-13(2)7-9-14)17-15(25(19,22)23)5-4-10-18-17/h4-10H,3,11-12H2,1-2H3. The molecule has 25 heavy (non-hydrogen) atoms. The molecule has 0 saturated heterocycles. The summed E-state index contributed by atoms with van der Waals surface area (Å²) in [7, 11) is -3.82. The molecular formula is C17H19N3O4S. The number of rotatable bonds is 4. The van der Waals surface area contributed by atoms with Gasteiger partial charge >= 0.3 is 5.97 Å². The van der Waals surface area contributed by atoms with Crippen LogP contribution in [-0.2, 0) is 19.6 Å². The molecule has 1 aliphatic rings. The molecule has 0 bridgehead atoms. The van der Waals surface area contributed by atoms with Crippen LogP contribution in [0.5, 0.6) is 0 Å². The maximum absolute atomic E-state index is 12.8. The van der Waals surface area contributed by atoms with E-state index in [-0.39, 0.29) is 24.7 Å².